The highest BCUT2D eigenvalue weighted by atomic mass is 32.2. The summed E-state index contributed by atoms with van der Waals surface area (Å²) in [5.41, 5.74) is 1.59. The quantitative estimate of drug-likeness (QED) is 0.0977. The standard InChI is InChI=1S/C44H49F2N9O6S2/c1-3-52(2)63-51-36-9-7-34(45)41(33(36)23-47)61-30-5-8-35-32(21-30)43(59)55(26-48-35)29-22-44(60-25-29)14-18-54(19-15-44)40(57)24-53-16-12-27(13-17-53)31-6-4-28(20-38(31)62-46)49-37-10-11-39(56)50-42(37)58/h4-9,20-21,26-27,29,37,49,51H,3,10-19,22,24-25H2,1-2H3,(H,50,56,58). The van der Waals surface area contributed by atoms with Crippen molar-refractivity contribution in [3.63, 3.8) is 0 Å². The highest BCUT2D eigenvalue weighted by Crippen LogP contribution is 2.41. The predicted molar refractivity (Wildman–Crippen MR) is 236 cm³/mol. The Morgan fingerprint density at radius 3 is 2.62 bits per heavy atom. The molecule has 63 heavy (non-hydrogen) atoms. The van der Waals surface area contributed by atoms with Crippen molar-refractivity contribution < 1.29 is 32.1 Å². The topological polar surface area (TPSA) is 174 Å². The van der Waals surface area contributed by atoms with Crippen LogP contribution in [0, 0.1) is 17.1 Å². The van der Waals surface area contributed by atoms with E-state index in [0.29, 0.717) is 86.8 Å². The second-order valence-corrected chi connectivity index (χ2v) is 18.2. The number of amides is 3. The first-order valence-corrected chi connectivity index (χ1v) is 22.7. The SMILES string of the molecule is CCN(C)SNc1ccc(F)c(Oc2ccc3ncn(C4COC5(CCN(C(=O)CN6CCC(c7ccc(NC8CCC(=O)NC8=O)cc7SF)CC6)CC5)C4)c(=O)c3c2)c1C#N. The monoisotopic (exact) mass is 901 g/mol. The van der Waals surface area contributed by atoms with Crippen LogP contribution in [-0.2, 0) is 19.1 Å². The molecule has 5 heterocycles. The van der Waals surface area contributed by atoms with Crippen LogP contribution in [0.5, 0.6) is 11.5 Å². The molecule has 3 amide bonds. The molecule has 15 nitrogen and oxygen atoms in total. The third-order valence-electron chi connectivity index (χ3n) is 12.6. The van der Waals surface area contributed by atoms with Gasteiger partial charge in [-0.1, -0.05) is 13.0 Å². The summed E-state index contributed by atoms with van der Waals surface area (Å²) < 4.78 is 48.2. The predicted octanol–water partition coefficient (Wildman–Crippen LogP) is 6.52. The second kappa shape index (κ2) is 19.2. The molecular weight excluding hydrogens is 853 g/mol. The molecule has 3 aromatic carbocycles. The summed E-state index contributed by atoms with van der Waals surface area (Å²) in [5.74, 6) is -1.26. The van der Waals surface area contributed by atoms with Gasteiger partial charge >= 0.3 is 0 Å². The summed E-state index contributed by atoms with van der Waals surface area (Å²) in [7, 11) is 1.88. The highest BCUT2D eigenvalue weighted by molar-refractivity contribution is 7.98. The summed E-state index contributed by atoms with van der Waals surface area (Å²) in [6, 6.07) is 14.1. The minimum absolute atomic E-state index is 0.00542. The fraction of sp³-hybridized carbons (Fsp3) is 0.455. The Hall–Kier alpha value is -5.26. The molecule has 4 aliphatic rings. The summed E-state index contributed by atoms with van der Waals surface area (Å²) in [5, 5.41) is 15.7. The minimum Gasteiger partial charge on any atom is -0.453 e. The average molecular weight is 902 g/mol. The van der Waals surface area contributed by atoms with Crippen molar-refractivity contribution in [3.8, 4) is 17.6 Å². The van der Waals surface area contributed by atoms with Crippen LogP contribution in [0.3, 0.4) is 0 Å². The summed E-state index contributed by atoms with van der Waals surface area (Å²) in [6.07, 6.45) is 5.57. The van der Waals surface area contributed by atoms with E-state index in [1.165, 1.54) is 36.7 Å². The van der Waals surface area contributed by atoms with Gasteiger partial charge in [0, 0.05) is 48.8 Å². The van der Waals surface area contributed by atoms with E-state index < -0.39 is 17.5 Å². The molecular formula is C44H49F2N9O6S2. The van der Waals surface area contributed by atoms with Crippen molar-refractivity contribution in [1.29, 1.82) is 5.26 Å². The number of ether oxygens (including phenoxy) is 2. The lowest BCUT2D eigenvalue weighted by molar-refractivity contribution is -0.137. The number of nitrogens with one attached hydrogen (secondary N) is 3. The average Bonchev–Trinajstić information content (AvgIpc) is 3.70. The molecule has 2 unspecified atom stereocenters. The van der Waals surface area contributed by atoms with Crippen molar-refractivity contribution >= 4 is 64.3 Å². The lowest BCUT2D eigenvalue weighted by Crippen LogP contribution is -2.50. The zero-order chi connectivity index (χ0) is 44.3. The van der Waals surface area contributed by atoms with Crippen molar-refractivity contribution in [2.24, 2.45) is 0 Å². The third kappa shape index (κ3) is 9.80. The van der Waals surface area contributed by atoms with Gasteiger partial charge in [-0.2, -0.15) is 9.15 Å². The van der Waals surface area contributed by atoms with Crippen LogP contribution in [0.2, 0.25) is 0 Å². The Labute approximate surface area is 372 Å². The van der Waals surface area contributed by atoms with Crippen molar-refractivity contribution in [2.75, 3.05) is 63.0 Å². The van der Waals surface area contributed by atoms with Gasteiger partial charge in [0.05, 0.1) is 59.9 Å². The number of nitriles is 1. The van der Waals surface area contributed by atoms with E-state index in [-0.39, 0.29) is 76.3 Å². The van der Waals surface area contributed by atoms with Gasteiger partial charge in [0.15, 0.2) is 11.6 Å². The van der Waals surface area contributed by atoms with Gasteiger partial charge in [-0.3, -0.25) is 34.0 Å². The van der Waals surface area contributed by atoms with E-state index in [1.54, 1.807) is 22.8 Å². The Bertz CT molecular complexity index is 2490. The number of hydrogen-bond donors (Lipinski definition) is 3. The third-order valence-corrected chi connectivity index (χ3v) is 14.0. The maximum Gasteiger partial charge on any atom is 0.261 e. The number of imide groups is 1. The Balaban J connectivity index is 0.841. The molecule has 19 heteroatoms. The molecule has 4 saturated heterocycles. The zero-order valence-corrected chi connectivity index (χ0v) is 36.7. The van der Waals surface area contributed by atoms with Crippen LogP contribution >= 0.6 is 24.3 Å². The number of likely N-dealkylation sites (tertiary alicyclic amines) is 2. The smallest absolute Gasteiger partial charge is 0.261 e. The minimum atomic E-state index is -0.715. The number of carbonyl (C=O) groups excluding carboxylic acids is 3. The van der Waals surface area contributed by atoms with Crippen LogP contribution in [0.1, 0.15) is 75.0 Å². The fourth-order valence-electron chi connectivity index (χ4n) is 8.87. The largest absolute Gasteiger partial charge is 0.453 e. The van der Waals surface area contributed by atoms with Gasteiger partial charge in [0.2, 0.25) is 17.7 Å². The first kappa shape index (κ1) is 44.4. The van der Waals surface area contributed by atoms with Crippen molar-refractivity contribution in [3.05, 3.63) is 82.2 Å². The number of halogens is 2. The maximum atomic E-state index is 15.1. The molecule has 332 valence electrons. The Morgan fingerprint density at radius 1 is 1.10 bits per heavy atom. The van der Waals surface area contributed by atoms with Gasteiger partial charge in [0.1, 0.15) is 23.4 Å². The van der Waals surface area contributed by atoms with E-state index in [4.69, 9.17) is 9.47 Å². The number of carbonyl (C=O) groups is 3. The molecule has 0 radical (unpaired) electrons. The van der Waals surface area contributed by atoms with Crippen LogP contribution in [0.4, 0.5) is 19.7 Å². The molecule has 4 aromatic rings. The molecule has 4 aliphatic heterocycles. The van der Waals surface area contributed by atoms with E-state index in [1.807, 2.05) is 41.4 Å². The normalized spacial score (nSPS) is 20.5. The number of nitrogens with zero attached hydrogens (tertiary/aromatic N) is 6. The van der Waals surface area contributed by atoms with Crippen LogP contribution < -0.4 is 25.7 Å². The van der Waals surface area contributed by atoms with Gasteiger partial charge in [0.25, 0.3) is 5.56 Å². The van der Waals surface area contributed by atoms with E-state index in [9.17, 15) is 28.3 Å². The van der Waals surface area contributed by atoms with Crippen LogP contribution in [-0.4, -0.2) is 106 Å². The molecule has 0 bridgehead atoms. The first-order valence-electron chi connectivity index (χ1n) is 21.2. The number of anilines is 2. The van der Waals surface area contributed by atoms with Gasteiger partial charge in [-0.25, -0.2) is 13.7 Å². The molecule has 8 rings (SSSR count). The molecule has 1 spiro atoms. The van der Waals surface area contributed by atoms with Crippen LogP contribution in [0.15, 0.2) is 64.5 Å². The van der Waals surface area contributed by atoms with E-state index in [0.717, 1.165) is 24.9 Å². The highest BCUT2D eigenvalue weighted by Gasteiger charge is 2.44. The Kier molecular flexibility index (Phi) is 13.5. The number of piperidine rings is 3. The molecule has 0 aliphatic carbocycles. The summed E-state index contributed by atoms with van der Waals surface area (Å²) >= 11 is 1.45. The van der Waals surface area contributed by atoms with Crippen molar-refractivity contribution in [2.45, 2.75) is 80.4 Å². The molecule has 0 saturated carbocycles. The number of rotatable bonds is 13. The second-order valence-electron chi connectivity index (χ2n) is 16.5. The number of benzene rings is 3. The van der Waals surface area contributed by atoms with Gasteiger partial charge in [-0.05, 0) is 113 Å². The molecule has 1 aromatic heterocycles. The first-order chi connectivity index (χ1) is 30.5. The van der Waals surface area contributed by atoms with E-state index in [2.05, 4.69) is 25.2 Å². The zero-order valence-electron chi connectivity index (χ0n) is 35.0. The number of fused-ring (bicyclic) bond motifs is 1. The fourth-order valence-corrected chi connectivity index (χ4v) is 9.91. The number of aromatic nitrogens is 2. The molecule has 2 atom stereocenters. The maximum absolute atomic E-state index is 15.1. The van der Waals surface area contributed by atoms with Crippen molar-refractivity contribution in [1.82, 2.24) is 29.0 Å². The van der Waals surface area contributed by atoms with E-state index >= 15 is 4.39 Å². The lowest BCUT2D eigenvalue weighted by Gasteiger charge is -2.40. The molecule has 3 N–H and O–H groups in total. The Morgan fingerprint density at radius 2 is 1.89 bits per heavy atom. The van der Waals surface area contributed by atoms with Gasteiger partial charge < -0.3 is 24.4 Å². The van der Waals surface area contributed by atoms with Gasteiger partial charge in [-0.15, -0.1) is 0 Å². The van der Waals surface area contributed by atoms with Crippen LogP contribution in [0.25, 0.3) is 10.9 Å². The summed E-state index contributed by atoms with van der Waals surface area (Å²) in [4.78, 5) is 60.3. The lowest BCUT2D eigenvalue weighted by atomic mass is 9.87. The molecule has 4 fully saturated rings. The summed E-state index contributed by atoms with van der Waals surface area (Å²) in [6.45, 7) is 5.81. The number of hydrogen-bond acceptors (Lipinski definition) is 14.